The summed E-state index contributed by atoms with van der Waals surface area (Å²) in [6.07, 6.45) is 0.236. The molecule has 0 spiro atoms. The van der Waals surface area contributed by atoms with Gasteiger partial charge in [0.15, 0.2) is 6.23 Å². The third-order valence-corrected chi connectivity index (χ3v) is 2.42. The standard InChI is InChI=1S/C14H27N3O5/c1-5-6-10(16-13(21)22-14(2,3)4)12(20)17-11(15)7-9(19)8-18/h7,10,12,18-20H,5-6,8H2,1-4H3,(H2,15,17)(H,16,21)/b9-7-/t10-,12?/m0/s1. The number of nitrogens with one attached hydrogen (secondary N) is 1. The maximum absolute atomic E-state index is 11.7. The van der Waals surface area contributed by atoms with E-state index in [1.165, 1.54) is 0 Å². The quantitative estimate of drug-likeness (QED) is 0.267. The monoisotopic (exact) mass is 317 g/mol. The van der Waals surface area contributed by atoms with Gasteiger partial charge < -0.3 is 31.1 Å². The van der Waals surface area contributed by atoms with E-state index >= 15 is 0 Å². The number of hydrogen-bond acceptors (Lipinski definition) is 6. The number of carbonyl (C=O) groups excluding carboxylic acids is 1. The number of amidine groups is 1. The number of alkyl carbamates (subject to hydrolysis) is 1. The SMILES string of the molecule is CCC[C@H](NC(=O)OC(C)(C)C)C(O)/N=C(N)\C=C(/O)CO. The lowest BCUT2D eigenvalue weighted by atomic mass is 10.1. The van der Waals surface area contributed by atoms with Gasteiger partial charge in [-0.25, -0.2) is 9.79 Å². The average Bonchev–Trinajstić information content (AvgIpc) is 2.35. The lowest BCUT2D eigenvalue weighted by molar-refractivity contribution is 0.0422. The zero-order valence-corrected chi connectivity index (χ0v) is 13.5. The molecule has 0 radical (unpaired) electrons. The van der Waals surface area contributed by atoms with Crippen LogP contribution < -0.4 is 11.1 Å². The molecule has 0 saturated carbocycles. The molecular weight excluding hydrogens is 290 g/mol. The van der Waals surface area contributed by atoms with Crippen molar-refractivity contribution in [1.82, 2.24) is 5.32 Å². The Labute approximate surface area is 130 Å². The van der Waals surface area contributed by atoms with Crippen molar-refractivity contribution in [3.63, 3.8) is 0 Å². The highest BCUT2D eigenvalue weighted by molar-refractivity contribution is 5.91. The van der Waals surface area contributed by atoms with E-state index in [1.807, 2.05) is 6.92 Å². The first kappa shape index (κ1) is 20.2. The van der Waals surface area contributed by atoms with E-state index in [9.17, 15) is 9.90 Å². The molecule has 6 N–H and O–H groups in total. The van der Waals surface area contributed by atoms with Gasteiger partial charge in [-0.05, 0) is 27.2 Å². The van der Waals surface area contributed by atoms with Crippen LogP contribution >= 0.6 is 0 Å². The third kappa shape index (κ3) is 9.19. The summed E-state index contributed by atoms with van der Waals surface area (Å²) in [5.41, 5.74) is 4.87. The van der Waals surface area contributed by atoms with E-state index < -0.39 is 30.6 Å². The number of nitrogens with two attached hydrogens (primary N) is 1. The van der Waals surface area contributed by atoms with Crippen LogP contribution in [0.1, 0.15) is 40.5 Å². The van der Waals surface area contributed by atoms with Crippen molar-refractivity contribution in [2.45, 2.75) is 58.4 Å². The molecule has 0 aliphatic heterocycles. The van der Waals surface area contributed by atoms with Crippen LogP contribution in [0.3, 0.4) is 0 Å². The highest BCUT2D eigenvalue weighted by Crippen LogP contribution is 2.09. The average molecular weight is 317 g/mol. The Hall–Kier alpha value is -1.80. The first-order valence-corrected chi connectivity index (χ1v) is 7.10. The second-order valence-corrected chi connectivity index (χ2v) is 5.80. The molecule has 2 atom stereocenters. The van der Waals surface area contributed by atoms with Gasteiger partial charge in [0, 0.05) is 6.08 Å². The summed E-state index contributed by atoms with van der Waals surface area (Å²) in [4.78, 5) is 15.5. The molecule has 0 aliphatic rings. The number of aliphatic hydroxyl groups is 3. The molecule has 0 aliphatic carbocycles. The summed E-state index contributed by atoms with van der Waals surface area (Å²) in [6.45, 7) is 6.51. The number of amides is 1. The van der Waals surface area contributed by atoms with Gasteiger partial charge in [0.1, 0.15) is 23.8 Å². The lowest BCUT2D eigenvalue weighted by Crippen LogP contribution is -2.45. The summed E-state index contributed by atoms with van der Waals surface area (Å²) in [6, 6.07) is -0.678. The van der Waals surface area contributed by atoms with Crippen LogP contribution in [-0.4, -0.2) is 51.7 Å². The van der Waals surface area contributed by atoms with Crippen LogP contribution in [0.5, 0.6) is 0 Å². The summed E-state index contributed by atoms with van der Waals surface area (Å²) in [7, 11) is 0. The summed E-state index contributed by atoms with van der Waals surface area (Å²) < 4.78 is 5.13. The molecule has 0 fully saturated rings. The number of aliphatic imine (C=N–C) groups is 1. The van der Waals surface area contributed by atoms with Crippen molar-refractivity contribution < 1.29 is 24.9 Å². The Morgan fingerprint density at radius 3 is 2.50 bits per heavy atom. The van der Waals surface area contributed by atoms with Crippen LogP contribution in [0.2, 0.25) is 0 Å². The highest BCUT2D eigenvalue weighted by atomic mass is 16.6. The van der Waals surface area contributed by atoms with E-state index in [0.29, 0.717) is 12.8 Å². The number of rotatable bonds is 7. The summed E-state index contributed by atoms with van der Waals surface area (Å²) in [5, 5.41) is 30.4. The van der Waals surface area contributed by atoms with Gasteiger partial charge in [0.25, 0.3) is 0 Å². The van der Waals surface area contributed by atoms with E-state index in [2.05, 4.69) is 10.3 Å². The minimum Gasteiger partial charge on any atom is -0.510 e. The minimum absolute atomic E-state index is 0.161. The molecule has 0 aromatic heterocycles. The van der Waals surface area contributed by atoms with Crippen molar-refractivity contribution in [3.05, 3.63) is 11.8 Å². The fraction of sp³-hybridized carbons (Fsp3) is 0.714. The predicted molar refractivity (Wildman–Crippen MR) is 83.5 cm³/mol. The van der Waals surface area contributed by atoms with Crippen LogP contribution in [0, 0.1) is 0 Å². The van der Waals surface area contributed by atoms with Crippen molar-refractivity contribution in [3.8, 4) is 0 Å². The molecule has 22 heavy (non-hydrogen) atoms. The number of hydrogen-bond donors (Lipinski definition) is 5. The van der Waals surface area contributed by atoms with Crippen molar-refractivity contribution >= 4 is 11.9 Å². The molecule has 0 heterocycles. The van der Waals surface area contributed by atoms with E-state index in [-0.39, 0.29) is 11.6 Å². The number of nitrogens with zero attached hydrogens (tertiary/aromatic N) is 1. The number of aliphatic hydroxyl groups excluding tert-OH is 3. The normalized spacial score (nSPS) is 16.1. The van der Waals surface area contributed by atoms with Crippen molar-refractivity contribution in [2.24, 2.45) is 10.7 Å². The largest absolute Gasteiger partial charge is 0.510 e. The molecule has 8 heteroatoms. The molecule has 0 saturated heterocycles. The first-order valence-electron chi connectivity index (χ1n) is 7.10. The van der Waals surface area contributed by atoms with Crippen LogP contribution in [-0.2, 0) is 4.74 Å². The molecule has 0 bridgehead atoms. The Kier molecular flexibility index (Phi) is 8.51. The third-order valence-electron chi connectivity index (χ3n) is 2.42. The van der Waals surface area contributed by atoms with Crippen LogP contribution in [0.15, 0.2) is 16.8 Å². The van der Waals surface area contributed by atoms with E-state index in [1.54, 1.807) is 20.8 Å². The molecule has 0 aromatic carbocycles. The van der Waals surface area contributed by atoms with Crippen molar-refractivity contribution in [1.29, 1.82) is 0 Å². The zero-order valence-electron chi connectivity index (χ0n) is 13.5. The van der Waals surface area contributed by atoms with Crippen LogP contribution in [0.4, 0.5) is 4.79 Å². The molecule has 0 aromatic rings. The van der Waals surface area contributed by atoms with Crippen LogP contribution in [0.25, 0.3) is 0 Å². The molecular formula is C14H27N3O5. The first-order chi connectivity index (χ1) is 10.1. The van der Waals surface area contributed by atoms with Gasteiger partial charge >= 0.3 is 6.09 Å². The Morgan fingerprint density at radius 2 is 2.05 bits per heavy atom. The van der Waals surface area contributed by atoms with Crippen molar-refractivity contribution in [2.75, 3.05) is 6.61 Å². The van der Waals surface area contributed by atoms with Gasteiger partial charge in [-0.2, -0.15) is 0 Å². The van der Waals surface area contributed by atoms with Gasteiger partial charge in [0.05, 0.1) is 6.04 Å². The lowest BCUT2D eigenvalue weighted by Gasteiger charge is -2.25. The fourth-order valence-electron chi connectivity index (χ4n) is 1.56. The second-order valence-electron chi connectivity index (χ2n) is 5.80. The Balaban J connectivity index is 4.86. The van der Waals surface area contributed by atoms with E-state index in [4.69, 9.17) is 20.7 Å². The summed E-state index contributed by atoms with van der Waals surface area (Å²) in [5.74, 6) is -0.535. The molecule has 1 unspecified atom stereocenters. The van der Waals surface area contributed by atoms with E-state index in [0.717, 1.165) is 6.08 Å². The smallest absolute Gasteiger partial charge is 0.408 e. The maximum atomic E-state index is 11.7. The minimum atomic E-state index is -1.30. The maximum Gasteiger partial charge on any atom is 0.408 e. The second kappa shape index (κ2) is 9.26. The number of ether oxygens (including phenoxy) is 1. The molecule has 8 nitrogen and oxygen atoms in total. The topological polar surface area (TPSA) is 137 Å². The molecule has 128 valence electrons. The van der Waals surface area contributed by atoms with Gasteiger partial charge in [-0.15, -0.1) is 0 Å². The molecule has 0 rings (SSSR count). The van der Waals surface area contributed by atoms with Gasteiger partial charge in [-0.3, -0.25) is 0 Å². The molecule has 1 amide bonds. The fourth-order valence-corrected chi connectivity index (χ4v) is 1.56. The van der Waals surface area contributed by atoms with Gasteiger partial charge in [0.2, 0.25) is 0 Å². The highest BCUT2D eigenvalue weighted by Gasteiger charge is 2.23. The Bertz CT molecular complexity index is 415. The Morgan fingerprint density at radius 1 is 1.45 bits per heavy atom. The zero-order chi connectivity index (χ0) is 17.3. The summed E-state index contributed by atoms with van der Waals surface area (Å²) >= 11 is 0. The predicted octanol–water partition coefficient (Wildman–Crippen LogP) is 0.790. The number of carbonyl (C=O) groups is 1. The van der Waals surface area contributed by atoms with Gasteiger partial charge in [-0.1, -0.05) is 13.3 Å².